The van der Waals surface area contributed by atoms with Gasteiger partial charge in [-0.2, -0.15) is 5.26 Å². The largest absolute Gasteiger partial charge is 0.356 e. The van der Waals surface area contributed by atoms with E-state index in [1.165, 1.54) is 15.3 Å². The fraction of sp³-hybridized carbons (Fsp3) is 0.391. The average Bonchev–Trinajstić information content (AvgIpc) is 3.26. The van der Waals surface area contributed by atoms with Crippen molar-refractivity contribution in [2.24, 2.45) is 0 Å². The highest BCUT2D eigenvalue weighted by atomic mass is 32.1. The van der Waals surface area contributed by atoms with Crippen molar-refractivity contribution in [2.45, 2.75) is 38.6 Å². The van der Waals surface area contributed by atoms with E-state index in [1.807, 2.05) is 29.2 Å². The highest BCUT2D eigenvalue weighted by Gasteiger charge is 2.21. The van der Waals surface area contributed by atoms with Crippen molar-refractivity contribution < 1.29 is 14.4 Å². The summed E-state index contributed by atoms with van der Waals surface area (Å²) >= 11 is 1.73. The summed E-state index contributed by atoms with van der Waals surface area (Å²) in [6.07, 6.45) is 1.45. The second-order valence-corrected chi connectivity index (χ2v) is 8.32. The van der Waals surface area contributed by atoms with Crippen LogP contribution in [0.4, 0.5) is 5.69 Å². The van der Waals surface area contributed by atoms with Crippen molar-refractivity contribution in [3.8, 4) is 6.07 Å². The van der Waals surface area contributed by atoms with Crippen LogP contribution in [-0.4, -0.2) is 42.3 Å². The van der Waals surface area contributed by atoms with E-state index in [-0.39, 0.29) is 56.5 Å². The Bertz CT molecular complexity index is 951. The Balaban J connectivity index is 1.39. The molecule has 1 aliphatic rings. The van der Waals surface area contributed by atoms with Gasteiger partial charge in [0.25, 0.3) is 0 Å². The Morgan fingerprint density at radius 1 is 1.13 bits per heavy atom. The number of rotatable bonds is 9. The molecule has 0 unspecified atom stereocenters. The molecule has 31 heavy (non-hydrogen) atoms. The molecule has 3 rings (SSSR count). The quantitative estimate of drug-likeness (QED) is 0.651. The maximum Gasteiger partial charge on any atom is 0.227 e. The number of thiophene rings is 1. The molecule has 2 heterocycles. The Hall–Kier alpha value is -3.18. The minimum absolute atomic E-state index is 0.0278. The number of nitrogens with one attached hydrogen (secondary N) is 1. The molecule has 0 bridgehead atoms. The first kappa shape index (κ1) is 22.5. The predicted octanol–water partition coefficient (Wildman–Crippen LogP) is 2.87. The van der Waals surface area contributed by atoms with E-state index in [0.717, 1.165) is 6.42 Å². The topological polar surface area (TPSA) is 93.5 Å². The Labute approximate surface area is 186 Å². The van der Waals surface area contributed by atoms with Gasteiger partial charge in [-0.15, -0.1) is 11.3 Å². The first-order valence-corrected chi connectivity index (χ1v) is 11.3. The van der Waals surface area contributed by atoms with E-state index in [9.17, 15) is 14.4 Å². The molecule has 8 heteroatoms. The molecule has 0 fully saturated rings. The predicted molar refractivity (Wildman–Crippen MR) is 119 cm³/mol. The lowest BCUT2D eigenvalue weighted by molar-refractivity contribution is -0.132. The average molecular weight is 439 g/mol. The molecule has 7 nitrogen and oxygen atoms in total. The molecule has 0 atom stereocenters. The van der Waals surface area contributed by atoms with Gasteiger partial charge in [-0.25, -0.2) is 0 Å². The molecular weight excluding hydrogens is 412 g/mol. The number of hydrogen-bond donors (Lipinski definition) is 1. The molecule has 0 radical (unpaired) electrons. The lowest BCUT2D eigenvalue weighted by atomic mass is 10.1. The first-order chi connectivity index (χ1) is 15.1. The molecule has 1 aliphatic heterocycles. The molecule has 0 spiro atoms. The molecule has 1 aromatic heterocycles. The third kappa shape index (κ3) is 6.40. The Kier molecular flexibility index (Phi) is 8.19. The zero-order valence-electron chi connectivity index (χ0n) is 17.4. The zero-order chi connectivity index (χ0) is 22.1. The van der Waals surface area contributed by atoms with Crippen LogP contribution in [0.2, 0.25) is 0 Å². The van der Waals surface area contributed by atoms with Crippen molar-refractivity contribution in [1.29, 1.82) is 5.26 Å². The third-order valence-corrected chi connectivity index (χ3v) is 6.23. The van der Waals surface area contributed by atoms with Gasteiger partial charge >= 0.3 is 0 Å². The maximum atomic E-state index is 12.6. The lowest BCUT2D eigenvalue weighted by Crippen LogP contribution is -2.37. The fourth-order valence-electron chi connectivity index (χ4n) is 3.54. The molecule has 0 saturated carbocycles. The number of para-hydroxylation sites is 1. The SMILES string of the molecule is N#CCCN(C(=O)CCC(=O)NCCC(=O)N1CCc2sccc2C1)c1ccccc1. The number of nitriles is 1. The Morgan fingerprint density at radius 3 is 2.71 bits per heavy atom. The molecule has 0 aliphatic carbocycles. The monoisotopic (exact) mass is 438 g/mol. The summed E-state index contributed by atoms with van der Waals surface area (Å²) in [4.78, 5) is 41.9. The van der Waals surface area contributed by atoms with Crippen LogP contribution >= 0.6 is 11.3 Å². The van der Waals surface area contributed by atoms with Gasteiger partial charge in [0.05, 0.1) is 12.5 Å². The van der Waals surface area contributed by atoms with Gasteiger partial charge in [-0.05, 0) is 35.6 Å². The highest BCUT2D eigenvalue weighted by molar-refractivity contribution is 7.10. The van der Waals surface area contributed by atoms with Crippen LogP contribution in [0, 0.1) is 11.3 Å². The summed E-state index contributed by atoms with van der Waals surface area (Å²) in [6.45, 7) is 1.90. The van der Waals surface area contributed by atoms with Crippen LogP contribution in [0.3, 0.4) is 0 Å². The maximum absolute atomic E-state index is 12.6. The van der Waals surface area contributed by atoms with E-state index < -0.39 is 0 Å². The van der Waals surface area contributed by atoms with E-state index in [4.69, 9.17) is 5.26 Å². The van der Waals surface area contributed by atoms with Gasteiger partial charge in [-0.3, -0.25) is 14.4 Å². The molecule has 1 aromatic carbocycles. The van der Waals surface area contributed by atoms with Gasteiger partial charge in [0.2, 0.25) is 17.7 Å². The zero-order valence-corrected chi connectivity index (χ0v) is 18.2. The number of nitrogens with zero attached hydrogens (tertiary/aromatic N) is 3. The van der Waals surface area contributed by atoms with Crippen LogP contribution in [0.1, 0.15) is 36.1 Å². The van der Waals surface area contributed by atoms with Crippen molar-refractivity contribution in [3.05, 3.63) is 52.2 Å². The summed E-state index contributed by atoms with van der Waals surface area (Å²) in [5.41, 5.74) is 1.93. The second kappa shape index (κ2) is 11.3. The lowest BCUT2D eigenvalue weighted by Gasteiger charge is -2.27. The van der Waals surface area contributed by atoms with Crippen LogP contribution in [0.5, 0.6) is 0 Å². The first-order valence-electron chi connectivity index (χ1n) is 10.4. The standard InChI is InChI=1S/C23H26N4O3S/c24-12-4-14-27(19-5-2-1-3-6-19)23(30)8-7-21(28)25-13-9-22(29)26-15-10-20-18(17-26)11-16-31-20/h1-3,5-6,11,16H,4,7-10,13-15,17H2,(H,25,28). The Morgan fingerprint density at radius 2 is 1.94 bits per heavy atom. The number of anilines is 1. The number of fused-ring (bicyclic) bond motifs is 1. The van der Waals surface area contributed by atoms with Gasteiger partial charge < -0.3 is 15.1 Å². The summed E-state index contributed by atoms with van der Waals surface area (Å²) in [7, 11) is 0. The van der Waals surface area contributed by atoms with Crippen molar-refractivity contribution in [2.75, 3.05) is 24.5 Å². The fourth-order valence-corrected chi connectivity index (χ4v) is 4.43. The van der Waals surface area contributed by atoms with E-state index >= 15 is 0 Å². The minimum Gasteiger partial charge on any atom is -0.356 e. The van der Waals surface area contributed by atoms with E-state index in [0.29, 0.717) is 18.8 Å². The van der Waals surface area contributed by atoms with Gasteiger partial charge in [0.1, 0.15) is 0 Å². The van der Waals surface area contributed by atoms with Crippen LogP contribution in [-0.2, 0) is 27.3 Å². The number of amides is 3. The molecule has 162 valence electrons. The summed E-state index contributed by atoms with van der Waals surface area (Å²) < 4.78 is 0. The minimum atomic E-state index is -0.256. The van der Waals surface area contributed by atoms with Crippen molar-refractivity contribution in [3.63, 3.8) is 0 Å². The number of carbonyl (C=O) groups excluding carboxylic acids is 3. The summed E-state index contributed by atoms with van der Waals surface area (Å²) in [6, 6.07) is 13.2. The third-order valence-electron chi connectivity index (χ3n) is 5.20. The number of hydrogen-bond acceptors (Lipinski definition) is 5. The van der Waals surface area contributed by atoms with E-state index in [2.05, 4.69) is 16.8 Å². The summed E-state index contributed by atoms with van der Waals surface area (Å²) in [5, 5.41) is 13.6. The number of benzene rings is 1. The number of carbonyl (C=O) groups is 3. The van der Waals surface area contributed by atoms with Gasteiger partial charge in [0, 0.05) is 56.0 Å². The van der Waals surface area contributed by atoms with Crippen LogP contribution in [0.15, 0.2) is 41.8 Å². The van der Waals surface area contributed by atoms with Crippen LogP contribution in [0.25, 0.3) is 0 Å². The smallest absolute Gasteiger partial charge is 0.227 e. The molecule has 2 aromatic rings. The molecule has 1 N–H and O–H groups in total. The second-order valence-electron chi connectivity index (χ2n) is 7.32. The summed E-state index contributed by atoms with van der Waals surface area (Å²) in [5.74, 6) is -0.430. The van der Waals surface area contributed by atoms with Crippen molar-refractivity contribution >= 4 is 34.7 Å². The van der Waals surface area contributed by atoms with Gasteiger partial charge in [0.15, 0.2) is 0 Å². The van der Waals surface area contributed by atoms with E-state index in [1.54, 1.807) is 23.5 Å². The molecule has 3 amide bonds. The molecular formula is C23H26N4O3S. The van der Waals surface area contributed by atoms with Gasteiger partial charge in [-0.1, -0.05) is 18.2 Å². The molecule has 0 saturated heterocycles. The highest BCUT2D eigenvalue weighted by Crippen LogP contribution is 2.24. The van der Waals surface area contributed by atoms with Crippen LogP contribution < -0.4 is 10.2 Å². The normalized spacial score (nSPS) is 12.5. The van der Waals surface area contributed by atoms with Crippen molar-refractivity contribution in [1.82, 2.24) is 10.2 Å².